The fourth-order valence-corrected chi connectivity index (χ4v) is 2.55. The van der Waals surface area contributed by atoms with Crippen molar-refractivity contribution in [3.63, 3.8) is 0 Å². The highest BCUT2D eigenvalue weighted by atomic mass is 32.2. The van der Waals surface area contributed by atoms with Gasteiger partial charge in [-0.25, -0.2) is 8.42 Å². The van der Waals surface area contributed by atoms with Crippen LogP contribution in [0.2, 0.25) is 0 Å². The predicted molar refractivity (Wildman–Crippen MR) is 60.8 cm³/mol. The van der Waals surface area contributed by atoms with Gasteiger partial charge in [0.1, 0.15) is 0 Å². The lowest BCUT2D eigenvalue weighted by atomic mass is 10.3. The monoisotopic (exact) mass is 261 g/mol. The molecule has 0 spiro atoms. The number of halogens is 2. The van der Waals surface area contributed by atoms with E-state index >= 15 is 0 Å². The van der Waals surface area contributed by atoms with Crippen molar-refractivity contribution in [2.75, 3.05) is 5.32 Å². The molecule has 17 heavy (non-hydrogen) atoms. The van der Waals surface area contributed by atoms with Gasteiger partial charge in [0.25, 0.3) is 0 Å². The van der Waals surface area contributed by atoms with Crippen molar-refractivity contribution in [1.29, 1.82) is 0 Å². The first-order valence-electron chi connectivity index (χ1n) is 5.30. The molecule has 1 aliphatic rings. The van der Waals surface area contributed by atoms with Gasteiger partial charge in [-0.2, -0.15) is 8.78 Å². The maximum atomic E-state index is 12.5. The van der Waals surface area contributed by atoms with Crippen LogP contribution in [-0.2, 0) is 9.84 Å². The Morgan fingerprint density at radius 3 is 2.47 bits per heavy atom. The second-order valence-electron chi connectivity index (χ2n) is 4.27. The molecule has 0 saturated heterocycles. The Labute approximate surface area is 98.8 Å². The fourth-order valence-electron chi connectivity index (χ4n) is 1.65. The minimum Gasteiger partial charge on any atom is -0.381 e. The van der Waals surface area contributed by atoms with E-state index < -0.39 is 15.6 Å². The molecular weight excluding hydrogens is 248 g/mol. The van der Waals surface area contributed by atoms with Gasteiger partial charge in [-0.05, 0) is 24.5 Å². The van der Waals surface area contributed by atoms with Crippen LogP contribution in [-0.4, -0.2) is 20.2 Å². The number of alkyl halides is 2. The van der Waals surface area contributed by atoms with Crippen LogP contribution >= 0.6 is 0 Å². The summed E-state index contributed by atoms with van der Waals surface area (Å²) >= 11 is 0. The Hall–Kier alpha value is -1.17. The molecule has 2 unspecified atom stereocenters. The Kier molecular flexibility index (Phi) is 3.07. The van der Waals surface area contributed by atoms with Crippen LogP contribution in [0.5, 0.6) is 0 Å². The first kappa shape index (κ1) is 12.3. The third kappa shape index (κ3) is 2.41. The third-order valence-electron chi connectivity index (χ3n) is 2.88. The Bertz CT molecular complexity index is 516. The van der Waals surface area contributed by atoms with Crippen LogP contribution in [0.3, 0.4) is 0 Å². The third-order valence-corrected chi connectivity index (χ3v) is 4.32. The highest BCUT2D eigenvalue weighted by molar-refractivity contribution is 7.91. The largest absolute Gasteiger partial charge is 0.381 e. The van der Waals surface area contributed by atoms with E-state index in [0.29, 0.717) is 5.92 Å². The van der Waals surface area contributed by atoms with Gasteiger partial charge < -0.3 is 5.32 Å². The molecule has 0 radical (unpaired) electrons. The lowest BCUT2D eigenvalue weighted by Crippen LogP contribution is -2.15. The summed E-state index contributed by atoms with van der Waals surface area (Å²) in [5.41, 5.74) is 0.266. The van der Waals surface area contributed by atoms with Gasteiger partial charge in [0, 0.05) is 6.04 Å². The summed E-state index contributed by atoms with van der Waals surface area (Å²) in [7, 11) is -4.54. The zero-order chi connectivity index (χ0) is 12.6. The summed E-state index contributed by atoms with van der Waals surface area (Å²) in [5, 5.41) is 2.98. The molecule has 0 aliphatic heterocycles. The molecule has 94 valence electrons. The van der Waals surface area contributed by atoms with E-state index in [1.54, 1.807) is 6.07 Å². The van der Waals surface area contributed by atoms with E-state index in [0.717, 1.165) is 6.42 Å². The number of anilines is 1. The number of benzene rings is 1. The number of nitrogens with one attached hydrogen (secondary N) is 1. The summed E-state index contributed by atoms with van der Waals surface area (Å²) in [6.45, 7) is 2.02. The SMILES string of the molecule is CC1CC1Nc1ccccc1S(=O)(=O)C(F)F. The molecule has 0 bridgehead atoms. The van der Waals surface area contributed by atoms with Crippen LogP contribution < -0.4 is 5.32 Å². The molecule has 1 aromatic carbocycles. The number of hydrogen-bond donors (Lipinski definition) is 1. The lowest BCUT2D eigenvalue weighted by molar-refractivity contribution is 0.235. The smallest absolute Gasteiger partial charge is 0.341 e. The molecule has 0 heterocycles. The van der Waals surface area contributed by atoms with Gasteiger partial charge in [-0.1, -0.05) is 19.1 Å². The maximum absolute atomic E-state index is 12.5. The minimum absolute atomic E-state index is 0.184. The highest BCUT2D eigenvalue weighted by Crippen LogP contribution is 2.35. The molecule has 0 aromatic heterocycles. The van der Waals surface area contributed by atoms with E-state index in [4.69, 9.17) is 0 Å². The zero-order valence-electron chi connectivity index (χ0n) is 9.23. The highest BCUT2D eigenvalue weighted by Gasteiger charge is 2.35. The Balaban J connectivity index is 2.34. The average molecular weight is 261 g/mol. The van der Waals surface area contributed by atoms with Crippen molar-refractivity contribution in [3.05, 3.63) is 24.3 Å². The first-order chi connectivity index (χ1) is 7.93. The minimum atomic E-state index is -4.54. The van der Waals surface area contributed by atoms with Crippen LogP contribution in [0.15, 0.2) is 29.2 Å². The zero-order valence-corrected chi connectivity index (χ0v) is 10.0. The summed E-state index contributed by atoms with van der Waals surface area (Å²) in [6.07, 6.45) is 0.934. The molecule has 1 aliphatic carbocycles. The van der Waals surface area contributed by atoms with Crippen molar-refractivity contribution in [1.82, 2.24) is 0 Å². The predicted octanol–water partition coefficient (Wildman–Crippen LogP) is 2.50. The first-order valence-corrected chi connectivity index (χ1v) is 6.85. The quantitative estimate of drug-likeness (QED) is 0.905. The Morgan fingerprint density at radius 2 is 1.94 bits per heavy atom. The number of sulfone groups is 1. The number of rotatable bonds is 4. The molecular formula is C11H13F2NO2S. The average Bonchev–Trinajstić information content (AvgIpc) is 2.94. The van der Waals surface area contributed by atoms with Crippen molar-refractivity contribution >= 4 is 15.5 Å². The van der Waals surface area contributed by atoms with E-state index in [9.17, 15) is 17.2 Å². The van der Waals surface area contributed by atoms with Crippen LogP contribution in [0, 0.1) is 5.92 Å². The molecule has 3 nitrogen and oxygen atoms in total. The van der Waals surface area contributed by atoms with E-state index in [2.05, 4.69) is 5.32 Å². The van der Waals surface area contributed by atoms with Crippen LogP contribution in [0.4, 0.5) is 14.5 Å². The molecule has 1 saturated carbocycles. The van der Waals surface area contributed by atoms with Gasteiger partial charge in [-0.15, -0.1) is 0 Å². The van der Waals surface area contributed by atoms with Gasteiger partial charge in [0.05, 0.1) is 10.6 Å². The molecule has 2 rings (SSSR count). The second kappa shape index (κ2) is 4.25. The summed E-state index contributed by atoms with van der Waals surface area (Å²) < 4.78 is 47.9. The van der Waals surface area contributed by atoms with Gasteiger partial charge >= 0.3 is 5.76 Å². The van der Waals surface area contributed by atoms with Crippen molar-refractivity contribution in [3.8, 4) is 0 Å². The molecule has 2 atom stereocenters. The topological polar surface area (TPSA) is 46.2 Å². The fraction of sp³-hybridized carbons (Fsp3) is 0.455. The lowest BCUT2D eigenvalue weighted by Gasteiger charge is -2.11. The maximum Gasteiger partial charge on any atom is 0.341 e. The van der Waals surface area contributed by atoms with Crippen LogP contribution in [0.25, 0.3) is 0 Å². The van der Waals surface area contributed by atoms with Crippen molar-refractivity contribution in [2.45, 2.75) is 30.0 Å². The number of para-hydroxylation sites is 1. The molecule has 0 amide bonds. The van der Waals surface area contributed by atoms with Crippen molar-refractivity contribution in [2.24, 2.45) is 5.92 Å². The van der Waals surface area contributed by atoms with Crippen molar-refractivity contribution < 1.29 is 17.2 Å². The normalized spacial score (nSPS) is 23.8. The standard InChI is InChI=1S/C11H13F2NO2S/c1-7-6-9(7)14-8-4-2-3-5-10(8)17(15,16)11(12)13/h2-5,7,9,11,14H,6H2,1H3. The second-order valence-corrected chi connectivity index (χ2v) is 6.15. The summed E-state index contributed by atoms with van der Waals surface area (Å²) in [6, 6.07) is 5.97. The molecule has 1 fully saturated rings. The van der Waals surface area contributed by atoms with E-state index in [1.165, 1.54) is 18.2 Å². The van der Waals surface area contributed by atoms with E-state index in [-0.39, 0.29) is 16.6 Å². The molecule has 1 aromatic rings. The summed E-state index contributed by atoms with van der Waals surface area (Å²) in [4.78, 5) is -0.325. The summed E-state index contributed by atoms with van der Waals surface area (Å²) in [5.74, 6) is -2.93. The van der Waals surface area contributed by atoms with Crippen LogP contribution in [0.1, 0.15) is 13.3 Å². The van der Waals surface area contributed by atoms with Gasteiger partial charge in [-0.3, -0.25) is 0 Å². The Morgan fingerprint density at radius 1 is 1.35 bits per heavy atom. The molecule has 6 heteroatoms. The van der Waals surface area contributed by atoms with E-state index in [1.807, 2.05) is 6.92 Å². The van der Waals surface area contributed by atoms with Gasteiger partial charge in [0.2, 0.25) is 9.84 Å². The number of hydrogen-bond acceptors (Lipinski definition) is 3. The molecule has 1 N–H and O–H groups in total. The van der Waals surface area contributed by atoms with Gasteiger partial charge in [0.15, 0.2) is 0 Å².